The number of ether oxygens (including phenoxy) is 4. The van der Waals surface area contributed by atoms with E-state index in [9.17, 15) is 9.59 Å². The van der Waals surface area contributed by atoms with Crippen LogP contribution in [0.2, 0.25) is 0 Å². The lowest BCUT2D eigenvalue weighted by atomic mass is 9.83. The number of hydrogen-bond acceptors (Lipinski definition) is 6. The summed E-state index contributed by atoms with van der Waals surface area (Å²) in [6.45, 7) is 0. The predicted molar refractivity (Wildman–Crippen MR) is 157 cm³/mol. The van der Waals surface area contributed by atoms with Gasteiger partial charge in [0.2, 0.25) is 11.8 Å². The Kier molecular flexibility index (Phi) is 8.39. The van der Waals surface area contributed by atoms with Gasteiger partial charge in [-0.05, 0) is 84.8 Å². The second-order valence-electron chi connectivity index (χ2n) is 9.59. The molecule has 0 aromatic heterocycles. The highest BCUT2D eigenvalue weighted by Crippen LogP contribution is 2.43. The fraction of sp³-hybridized carbons (Fsp3) is 0.212. The van der Waals surface area contributed by atoms with Crippen LogP contribution in [0.4, 0.5) is 11.4 Å². The number of carbonyl (C=O) groups is 2. The molecule has 2 amide bonds. The van der Waals surface area contributed by atoms with Crippen LogP contribution in [0.1, 0.15) is 24.4 Å². The standard InChI is InChI=1S/C33H32N2O6/c1-38-25-16-12-24(13-17-25)35-31(36)20-18-28(32(35)22-9-19-29(39-2)30(21-22)40-3)33(37)34-23-10-14-27(15-11-23)41-26-7-5-4-6-8-26/h4-17,19,21,28,32H,18,20H2,1-3H3,(H,34,37)/t28-,32+/m0/s1. The molecule has 0 spiro atoms. The van der Waals surface area contributed by atoms with E-state index in [2.05, 4.69) is 5.32 Å². The number of piperidine rings is 1. The quantitative estimate of drug-likeness (QED) is 0.251. The number of carbonyl (C=O) groups excluding carboxylic acids is 2. The molecular formula is C33H32N2O6. The van der Waals surface area contributed by atoms with E-state index in [0.29, 0.717) is 40.8 Å². The van der Waals surface area contributed by atoms with Crippen molar-refractivity contribution in [3.05, 3.63) is 103 Å². The zero-order chi connectivity index (χ0) is 28.8. The van der Waals surface area contributed by atoms with Crippen molar-refractivity contribution in [2.24, 2.45) is 5.92 Å². The molecule has 1 heterocycles. The molecule has 4 aromatic carbocycles. The average molecular weight is 553 g/mol. The maximum atomic E-state index is 13.8. The molecule has 0 saturated carbocycles. The third kappa shape index (κ3) is 6.11. The Morgan fingerprint density at radius 3 is 2.07 bits per heavy atom. The summed E-state index contributed by atoms with van der Waals surface area (Å²) >= 11 is 0. The highest BCUT2D eigenvalue weighted by molar-refractivity contribution is 6.00. The summed E-state index contributed by atoms with van der Waals surface area (Å²) in [5.74, 6) is 2.36. The van der Waals surface area contributed by atoms with E-state index in [-0.39, 0.29) is 18.2 Å². The first-order valence-electron chi connectivity index (χ1n) is 13.3. The number of anilines is 2. The number of hydrogen-bond donors (Lipinski definition) is 1. The van der Waals surface area contributed by atoms with E-state index in [4.69, 9.17) is 18.9 Å². The molecule has 8 nitrogen and oxygen atoms in total. The van der Waals surface area contributed by atoms with Gasteiger partial charge < -0.3 is 29.2 Å². The Balaban J connectivity index is 1.45. The molecule has 1 saturated heterocycles. The van der Waals surface area contributed by atoms with Gasteiger partial charge in [0.1, 0.15) is 17.2 Å². The van der Waals surface area contributed by atoms with Gasteiger partial charge in [0, 0.05) is 17.8 Å². The lowest BCUT2D eigenvalue weighted by Gasteiger charge is -2.41. The lowest BCUT2D eigenvalue weighted by Crippen LogP contribution is -2.47. The first-order chi connectivity index (χ1) is 20.0. The molecule has 1 N–H and O–H groups in total. The van der Waals surface area contributed by atoms with Crippen LogP contribution in [-0.2, 0) is 9.59 Å². The Labute approximate surface area is 239 Å². The monoisotopic (exact) mass is 552 g/mol. The number of amides is 2. The van der Waals surface area contributed by atoms with Gasteiger partial charge in [0.15, 0.2) is 11.5 Å². The molecule has 1 aliphatic heterocycles. The van der Waals surface area contributed by atoms with E-state index in [1.807, 2.05) is 66.7 Å². The third-order valence-corrected chi connectivity index (χ3v) is 7.13. The highest BCUT2D eigenvalue weighted by atomic mass is 16.5. The number of nitrogens with zero attached hydrogens (tertiary/aromatic N) is 1. The smallest absolute Gasteiger partial charge is 0.229 e. The summed E-state index contributed by atoms with van der Waals surface area (Å²) in [5, 5.41) is 3.05. The zero-order valence-corrected chi connectivity index (χ0v) is 23.2. The number of para-hydroxylation sites is 1. The van der Waals surface area contributed by atoms with Crippen molar-refractivity contribution in [2.75, 3.05) is 31.5 Å². The van der Waals surface area contributed by atoms with E-state index >= 15 is 0 Å². The number of methoxy groups -OCH3 is 3. The van der Waals surface area contributed by atoms with Crippen molar-refractivity contribution in [2.45, 2.75) is 18.9 Å². The Hall–Kier alpha value is -4.98. The minimum atomic E-state index is -0.579. The van der Waals surface area contributed by atoms with Crippen molar-refractivity contribution < 1.29 is 28.5 Å². The summed E-state index contributed by atoms with van der Waals surface area (Å²) in [6.07, 6.45) is 0.628. The largest absolute Gasteiger partial charge is 0.497 e. The molecular weight excluding hydrogens is 520 g/mol. The molecule has 0 aliphatic carbocycles. The van der Waals surface area contributed by atoms with Crippen LogP contribution in [0.5, 0.6) is 28.7 Å². The summed E-state index contributed by atoms with van der Waals surface area (Å²) in [4.78, 5) is 28.9. The Bertz CT molecular complexity index is 1490. The summed E-state index contributed by atoms with van der Waals surface area (Å²) < 4.78 is 22.2. The highest BCUT2D eigenvalue weighted by Gasteiger charge is 2.42. The third-order valence-electron chi connectivity index (χ3n) is 7.13. The molecule has 0 radical (unpaired) electrons. The van der Waals surface area contributed by atoms with E-state index in [1.54, 1.807) is 56.6 Å². The van der Waals surface area contributed by atoms with Gasteiger partial charge in [0.25, 0.3) is 0 Å². The first kappa shape index (κ1) is 27.6. The van der Waals surface area contributed by atoms with Crippen LogP contribution in [-0.4, -0.2) is 33.1 Å². The molecule has 2 atom stereocenters. The fourth-order valence-electron chi connectivity index (χ4n) is 5.10. The molecule has 5 rings (SSSR count). The number of benzene rings is 4. The van der Waals surface area contributed by atoms with Gasteiger partial charge in [-0.25, -0.2) is 0 Å². The van der Waals surface area contributed by atoms with Crippen LogP contribution in [0.25, 0.3) is 0 Å². The van der Waals surface area contributed by atoms with Gasteiger partial charge >= 0.3 is 0 Å². The van der Waals surface area contributed by atoms with Crippen LogP contribution in [0.15, 0.2) is 97.1 Å². The topological polar surface area (TPSA) is 86.3 Å². The normalized spacial score (nSPS) is 16.6. The SMILES string of the molecule is COc1ccc(N2C(=O)CC[C@H](C(=O)Nc3ccc(Oc4ccccc4)cc3)[C@H]2c2ccc(OC)c(OC)c2)cc1. The van der Waals surface area contributed by atoms with Crippen molar-refractivity contribution in [3.63, 3.8) is 0 Å². The second kappa shape index (κ2) is 12.5. The summed E-state index contributed by atoms with van der Waals surface area (Å²) in [7, 11) is 4.72. The second-order valence-corrected chi connectivity index (χ2v) is 9.59. The van der Waals surface area contributed by atoms with Crippen LogP contribution in [0, 0.1) is 5.92 Å². The van der Waals surface area contributed by atoms with Gasteiger partial charge in [-0.3, -0.25) is 9.59 Å². The van der Waals surface area contributed by atoms with Crippen molar-refractivity contribution in [1.29, 1.82) is 0 Å². The predicted octanol–water partition coefficient (Wildman–Crippen LogP) is 6.63. The van der Waals surface area contributed by atoms with Crippen LogP contribution >= 0.6 is 0 Å². The first-order valence-corrected chi connectivity index (χ1v) is 13.3. The molecule has 8 heteroatoms. The van der Waals surface area contributed by atoms with Crippen molar-refractivity contribution >= 4 is 23.2 Å². The molecule has 41 heavy (non-hydrogen) atoms. The fourth-order valence-corrected chi connectivity index (χ4v) is 5.10. The minimum Gasteiger partial charge on any atom is -0.497 e. The van der Waals surface area contributed by atoms with E-state index in [1.165, 1.54) is 0 Å². The number of rotatable bonds is 9. The molecule has 0 bridgehead atoms. The summed E-state index contributed by atoms with van der Waals surface area (Å²) in [5.41, 5.74) is 2.07. The van der Waals surface area contributed by atoms with Crippen molar-refractivity contribution in [1.82, 2.24) is 0 Å². The molecule has 4 aromatic rings. The van der Waals surface area contributed by atoms with Gasteiger partial charge in [0.05, 0.1) is 33.3 Å². The summed E-state index contributed by atoms with van der Waals surface area (Å²) in [6, 6.07) is 28.9. The average Bonchev–Trinajstić information content (AvgIpc) is 3.02. The van der Waals surface area contributed by atoms with E-state index in [0.717, 1.165) is 11.3 Å². The molecule has 1 fully saturated rings. The maximum Gasteiger partial charge on any atom is 0.229 e. The van der Waals surface area contributed by atoms with Gasteiger partial charge in [-0.2, -0.15) is 0 Å². The maximum absolute atomic E-state index is 13.8. The van der Waals surface area contributed by atoms with Crippen LogP contribution in [0.3, 0.4) is 0 Å². The van der Waals surface area contributed by atoms with E-state index < -0.39 is 12.0 Å². The molecule has 0 unspecified atom stereocenters. The van der Waals surface area contributed by atoms with Crippen LogP contribution < -0.4 is 29.2 Å². The van der Waals surface area contributed by atoms with Gasteiger partial charge in [-0.15, -0.1) is 0 Å². The number of nitrogens with one attached hydrogen (secondary N) is 1. The Morgan fingerprint density at radius 1 is 0.756 bits per heavy atom. The van der Waals surface area contributed by atoms with Crippen molar-refractivity contribution in [3.8, 4) is 28.7 Å². The zero-order valence-electron chi connectivity index (χ0n) is 23.2. The molecule has 1 aliphatic rings. The minimum absolute atomic E-state index is 0.0681. The Morgan fingerprint density at radius 2 is 1.41 bits per heavy atom. The lowest BCUT2D eigenvalue weighted by molar-refractivity contribution is -0.125. The van der Waals surface area contributed by atoms with Gasteiger partial charge in [-0.1, -0.05) is 24.3 Å². The molecule has 210 valence electrons.